The number of primary amides is 1. The molecule has 0 spiro atoms. The second-order valence-electron chi connectivity index (χ2n) is 4.55. The van der Waals surface area contributed by atoms with Gasteiger partial charge in [-0.25, -0.2) is 4.39 Å². The van der Waals surface area contributed by atoms with Crippen molar-refractivity contribution in [3.05, 3.63) is 65.2 Å². The minimum Gasteiger partial charge on any atom is -0.366 e. The van der Waals surface area contributed by atoms with Gasteiger partial charge >= 0.3 is 0 Å². The minimum atomic E-state index is -0.631. The van der Waals surface area contributed by atoms with E-state index < -0.39 is 11.7 Å². The summed E-state index contributed by atoms with van der Waals surface area (Å²) in [6, 6.07) is 8.15. The third-order valence-electron chi connectivity index (χ3n) is 3.14. The van der Waals surface area contributed by atoms with Crippen LogP contribution < -0.4 is 11.1 Å². The van der Waals surface area contributed by atoms with Crippen LogP contribution in [0.2, 0.25) is 0 Å². The Labute approximate surface area is 116 Å². The number of benzene rings is 1. The Bertz CT molecular complexity index is 601. The maximum absolute atomic E-state index is 13.8. The van der Waals surface area contributed by atoms with Crippen LogP contribution in [0.4, 0.5) is 4.39 Å². The zero-order valence-corrected chi connectivity index (χ0v) is 11.1. The topological polar surface area (TPSA) is 68.0 Å². The fraction of sp³-hybridized carbons (Fsp3) is 0.200. The van der Waals surface area contributed by atoms with Gasteiger partial charge in [0.15, 0.2) is 0 Å². The molecule has 0 aliphatic heterocycles. The van der Waals surface area contributed by atoms with Gasteiger partial charge in [0.2, 0.25) is 5.91 Å². The highest BCUT2D eigenvalue weighted by Gasteiger charge is 2.09. The second kappa shape index (κ2) is 6.25. The van der Waals surface area contributed by atoms with Crippen molar-refractivity contribution in [1.29, 1.82) is 0 Å². The Morgan fingerprint density at radius 3 is 2.65 bits per heavy atom. The van der Waals surface area contributed by atoms with Crippen LogP contribution in [0.25, 0.3) is 0 Å². The van der Waals surface area contributed by atoms with Crippen molar-refractivity contribution in [2.24, 2.45) is 5.73 Å². The monoisotopic (exact) mass is 273 g/mol. The average Bonchev–Trinajstić information content (AvgIpc) is 2.46. The first kappa shape index (κ1) is 14.1. The normalized spacial score (nSPS) is 12.1. The van der Waals surface area contributed by atoms with Crippen molar-refractivity contribution in [2.75, 3.05) is 0 Å². The van der Waals surface area contributed by atoms with E-state index >= 15 is 0 Å². The van der Waals surface area contributed by atoms with E-state index in [-0.39, 0.29) is 11.6 Å². The van der Waals surface area contributed by atoms with Crippen molar-refractivity contribution in [2.45, 2.75) is 19.5 Å². The number of aromatic nitrogens is 1. The first-order valence-electron chi connectivity index (χ1n) is 6.29. The van der Waals surface area contributed by atoms with E-state index in [0.29, 0.717) is 12.1 Å². The Balaban J connectivity index is 2.02. The van der Waals surface area contributed by atoms with Crippen LogP contribution in [0.15, 0.2) is 42.7 Å². The van der Waals surface area contributed by atoms with Crippen LogP contribution in [0, 0.1) is 5.82 Å². The maximum Gasteiger partial charge on any atom is 0.248 e. The van der Waals surface area contributed by atoms with Crippen molar-refractivity contribution in [3.8, 4) is 0 Å². The number of amides is 1. The summed E-state index contributed by atoms with van der Waals surface area (Å²) in [5.74, 6) is -1.07. The molecule has 2 aromatic rings. The molecule has 1 heterocycles. The molecule has 20 heavy (non-hydrogen) atoms. The first-order chi connectivity index (χ1) is 9.58. The van der Waals surface area contributed by atoms with Crippen LogP contribution in [-0.4, -0.2) is 10.9 Å². The lowest BCUT2D eigenvalue weighted by Crippen LogP contribution is -2.19. The molecule has 0 fully saturated rings. The summed E-state index contributed by atoms with van der Waals surface area (Å²) in [7, 11) is 0. The van der Waals surface area contributed by atoms with E-state index in [1.54, 1.807) is 18.5 Å². The van der Waals surface area contributed by atoms with Gasteiger partial charge in [-0.2, -0.15) is 0 Å². The van der Waals surface area contributed by atoms with Crippen LogP contribution in [-0.2, 0) is 6.54 Å². The molecule has 104 valence electrons. The zero-order chi connectivity index (χ0) is 14.5. The molecular formula is C15H16FN3O. The number of pyridine rings is 1. The Morgan fingerprint density at radius 1 is 1.35 bits per heavy atom. The predicted molar refractivity (Wildman–Crippen MR) is 74.4 cm³/mol. The lowest BCUT2D eigenvalue weighted by molar-refractivity contribution is 0.1000. The Kier molecular flexibility index (Phi) is 4.42. The highest BCUT2D eigenvalue weighted by atomic mass is 19.1. The number of nitrogens with zero attached hydrogens (tertiary/aromatic N) is 1. The maximum atomic E-state index is 13.8. The van der Waals surface area contributed by atoms with Gasteiger partial charge in [-0.05, 0) is 36.8 Å². The zero-order valence-electron chi connectivity index (χ0n) is 11.1. The summed E-state index contributed by atoms with van der Waals surface area (Å²) in [4.78, 5) is 14.9. The van der Waals surface area contributed by atoms with E-state index in [1.807, 2.05) is 19.1 Å². The molecule has 0 aliphatic rings. The SMILES string of the molecule is CC(NCc1ccc(C(N)=O)cc1F)c1ccncc1. The van der Waals surface area contributed by atoms with Crippen LogP contribution in [0.1, 0.15) is 34.5 Å². The predicted octanol–water partition coefficient (Wildman–Crippen LogP) is 2.17. The third-order valence-corrected chi connectivity index (χ3v) is 3.14. The second-order valence-corrected chi connectivity index (χ2v) is 4.55. The third kappa shape index (κ3) is 3.39. The van der Waals surface area contributed by atoms with E-state index in [2.05, 4.69) is 10.3 Å². The molecule has 1 atom stereocenters. The molecule has 0 saturated heterocycles. The molecule has 1 aromatic heterocycles. The largest absolute Gasteiger partial charge is 0.366 e. The first-order valence-corrected chi connectivity index (χ1v) is 6.29. The summed E-state index contributed by atoms with van der Waals surface area (Å²) < 4.78 is 13.8. The molecule has 2 rings (SSSR count). The Morgan fingerprint density at radius 2 is 2.05 bits per heavy atom. The fourth-order valence-electron chi connectivity index (χ4n) is 1.88. The number of nitrogens with one attached hydrogen (secondary N) is 1. The Hall–Kier alpha value is -2.27. The molecule has 1 amide bonds. The molecular weight excluding hydrogens is 257 g/mol. The lowest BCUT2D eigenvalue weighted by atomic mass is 10.1. The van der Waals surface area contributed by atoms with Gasteiger partial charge in [-0.3, -0.25) is 9.78 Å². The summed E-state index contributed by atoms with van der Waals surface area (Å²) in [6.45, 7) is 2.36. The molecule has 5 heteroatoms. The summed E-state index contributed by atoms with van der Waals surface area (Å²) in [6.07, 6.45) is 3.44. The van der Waals surface area contributed by atoms with Gasteiger partial charge in [0.05, 0.1) is 0 Å². The number of halogens is 1. The summed E-state index contributed by atoms with van der Waals surface area (Å²) in [5, 5.41) is 3.22. The molecule has 3 N–H and O–H groups in total. The molecule has 4 nitrogen and oxygen atoms in total. The van der Waals surface area contributed by atoms with E-state index in [9.17, 15) is 9.18 Å². The number of carbonyl (C=O) groups is 1. The van der Waals surface area contributed by atoms with Gasteiger partial charge in [0, 0.05) is 36.1 Å². The van der Waals surface area contributed by atoms with Gasteiger partial charge in [0.25, 0.3) is 0 Å². The average molecular weight is 273 g/mol. The summed E-state index contributed by atoms with van der Waals surface area (Å²) >= 11 is 0. The highest BCUT2D eigenvalue weighted by molar-refractivity contribution is 5.92. The molecule has 0 bridgehead atoms. The number of rotatable bonds is 5. The quantitative estimate of drug-likeness (QED) is 0.877. The van der Waals surface area contributed by atoms with Gasteiger partial charge < -0.3 is 11.1 Å². The van der Waals surface area contributed by atoms with Crippen molar-refractivity contribution in [3.63, 3.8) is 0 Å². The number of nitrogens with two attached hydrogens (primary N) is 1. The van der Waals surface area contributed by atoms with E-state index in [4.69, 9.17) is 5.73 Å². The van der Waals surface area contributed by atoms with Crippen molar-refractivity contribution < 1.29 is 9.18 Å². The van der Waals surface area contributed by atoms with Crippen LogP contribution in [0.3, 0.4) is 0 Å². The van der Waals surface area contributed by atoms with E-state index in [0.717, 1.165) is 11.6 Å². The minimum absolute atomic E-state index is 0.0771. The molecule has 0 radical (unpaired) electrons. The molecule has 1 unspecified atom stereocenters. The standard InChI is InChI=1S/C15H16FN3O/c1-10(11-4-6-18-7-5-11)19-9-13-3-2-12(15(17)20)8-14(13)16/h2-8,10,19H,9H2,1H3,(H2,17,20). The summed E-state index contributed by atoms with van der Waals surface area (Å²) in [5.41, 5.74) is 6.85. The number of hydrogen-bond donors (Lipinski definition) is 2. The van der Waals surface area contributed by atoms with Crippen LogP contribution >= 0.6 is 0 Å². The number of carbonyl (C=O) groups excluding carboxylic acids is 1. The fourth-order valence-corrected chi connectivity index (χ4v) is 1.88. The molecule has 0 aliphatic carbocycles. The highest BCUT2D eigenvalue weighted by Crippen LogP contribution is 2.14. The van der Waals surface area contributed by atoms with Gasteiger partial charge in [-0.15, -0.1) is 0 Å². The van der Waals surface area contributed by atoms with Gasteiger partial charge in [0.1, 0.15) is 5.82 Å². The smallest absolute Gasteiger partial charge is 0.248 e. The van der Waals surface area contributed by atoms with Crippen LogP contribution in [0.5, 0.6) is 0 Å². The van der Waals surface area contributed by atoms with Crippen molar-refractivity contribution in [1.82, 2.24) is 10.3 Å². The molecule has 0 saturated carbocycles. The number of hydrogen-bond acceptors (Lipinski definition) is 3. The van der Waals surface area contributed by atoms with Gasteiger partial charge in [-0.1, -0.05) is 6.07 Å². The van der Waals surface area contributed by atoms with E-state index in [1.165, 1.54) is 6.07 Å². The van der Waals surface area contributed by atoms with Crippen molar-refractivity contribution >= 4 is 5.91 Å². The molecule has 1 aromatic carbocycles. The lowest BCUT2D eigenvalue weighted by Gasteiger charge is -2.14.